The SMILES string of the molecule is CCN1NN2O[N+]3(CC3)C(C3CCCCCCCCCC3)N2NC1C1CCCCCCCC1. The minimum atomic E-state index is 0.358. The van der Waals surface area contributed by atoms with E-state index >= 15 is 0 Å². The maximum Gasteiger partial charge on any atom is 0.210 e. The van der Waals surface area contributed by atoms with Gasteiger partial charge in [0.25, 0.3) is 0 Å². The fourth-order valence-corrected chi connectivity index (χ4v) is 7.07. The third-order valence-electron chi connectivity index (χ3n) is 9.16. The van der Waals surface area contributed by atoms with Crippen LogP contribution in [0.15, 0.2) is 0 Å². The first kappa shape index (κ1) is 24.4. The third kappa shape index (κ3) is 5.76. The zero-order valence-electron chi connectivity index (χ0n) is 21.4. The number of hydroxylamine groups is 3. The highest BCUT2D eigenvalue weighted by molar-refractivity contribution is 4.82. The van der Waals surface area contributed by atoms with Crippen LogP contribution in [0, 0.1) is 11.8 Å². The molecule has 0 aromatic rings. The molecule has 0 aromatic carbocycles. The van der Waals surface area contributed by atoms with Crippen LogP contribution in [-0.2, 0) is 4.94 Å². The van der Waals surface area contributed by atoms with Crippen molar-refractivity contribution in [2.75, 3.05) is 19.6 Å². The molecule has 3 aliphatic heterocycles. The van der Waals surface area contributed by atoms with Crippen molar-refractivity contribution in [1.29, 1.82) is 0 Å². The second-order valence-corrected chi connectivity index (χ2v) is 11.6. The normalized spacial score (nSPS) is 34.8. The quantitative estimate of drug-likeness (QED) is 0.432. The second-order valence-electron chi connectivity index (χ2n) is 11.6. The van der Waals surface area contributed by atoms with Crippen LogP contribution in [0.2, 0.25) is 0 Å². The van der Waals surface area contributed by atoms with E-state index in [1.165, 1.54) is 116 Å². The van der Waals surface area contributed by atoms with Gasteiger partial charge in [-0.05, 0) is 31.6 Å². The zero-order valence-corrected chi connectivity index (χ0v) is 21.4. The number of quaternary nitrogens is 1. The summed E-state index contributed by atoms with van der Waals surface area (Å²) >= 11 is 0. The summed E-state index contributed by atoms with van der Waals surface area (Å²) in [5.74, 6) is 1.41. The second kappa shape index (κ2) is 11.6. The molecular weight excluding hydrogens is 412 g/mol. The van der Waals surface area contributed by atoms with Crippen LogP contribution in [0.3, 0.4) is 0 Å². The average Bonchev–Trinajstić information content (AvgIpc) is 3.49. The van der Waals surface area contributed by atoms with E-state index in [0.29, 0.717) is 24.2 Å². The van der Waals surface area contributed by atoms with Crippen molar-refractivity contribution in [3.05, 3.63) is 0 Å². The minimum Gasteiger partial charge on any atom is -0.214 e. The number of hydrogen-bond donors (Lipinski definition) is 2. The van der Waals surface area contributed by atoms with Gasteiger partial charge >= 0.3 is 0 Å². The van der Waals surface area contributed by atoms with E-state index in [2.05, 4.69) is 28.0 Å². The van der Waals surface area contributed by atoms with E-state index in [1.807, 2.05) is 5.28 Å². The van der Waals surface area contributed by atoms with Crippen LogP contribution in [0.1, 0.15) is 122 Å². The third-order valence-corrected chi connectivity index (χ3v) is 9.16. The smallest absolute Gasteiger partial charge is 0.210 e. The Morgan fingerprint density at radius 3 is 1.67 bits per heavy atom. The lowest BCUT2D eigenvalue weighted by molar-refractivity contribution is -1.03. The molecule has 2 aliphatic carbocycles. The Labute approximate surface area is 202 Å². The van der Waals surface area contributed by atoms with Crippen molar-refractivity contribution >= 4 is 0 Å². The first-order chi connectivity index (χ1) is 16.3. The summed E-state index contributed by atoms with van der Waals surface area (Å²) in [7, 11) is 0. The summed E-state index contributed by atoms with van der Waals surface area (Å²) < 4.78 is 0.805. The molecule has 2 atom stereocenters. The minimum absolute atomic E-state index is 0.358. The predicted octanol–water partition coefficient (Wildman–Crippen LogP) is 5.39. The molecule has 2 N–H and O–H groups in total. The molecule has 0 aromatic heterocycles. The number of fused-ring (bicyclic) bond motifs is 1. The van der Waals surface area contributed by atoms with E-state index in [-0.39, 0.29) is 0 Å². The van der Waals surface area contributed by atoms with Crippen molar-refractivity contribution in [3.8, 4) is 0 Å². The zero-order chi connectivity index (χ0) is 22.5. The van der Waals surface area contributed by atoms with Crippen LogP contribution in [-0.4, -0.2) is 52.0 Å². The molecule has 3 heterocycles. The Balaban J connectivity index is 1.32. The van der Waals surface area contributed by atoms with Crippen molar-refractivity contribution < 1.29 is 9.58 Å². The summed E-state index contributed by atoms with van der Waals surface area (Å²) in [6, 6.07) is 0. The van der Waals surface area contributed by atoms with Crippen molar-refractivity contribution in [3.63, 3.8) is 0 Å². The average molecular weight is 464 g/mol. The molecule has 0 bridgehead atoms. The molecule has 1 spiro atoms. The predicted molar refractivity (Wildman–Crippen MR) is 131 cm³/mol. The molecule has 5 rings (SSSR count). The van der Waals surface area contributed by atoms with Crippen molar-refractivity contribution in [2.24, 2.45) is 11.8 Å². The summed E-state index contributed by atoms with van der Waals surface area (Å²) in [5, 5.41) is 6.79. The molecule has 190 valence electrons. The summed E-state index contributed by atoms with van der Waals surface area (Å²) in [5.41, 5.74) is 7.74. The summed E-state index contributed by atoms with van der Waals surface area (Å²) in [4.78, 5) is 6.60. The van der Waals surface area contributed by atoms with Gasteiger partial charge in [-0.2, -0.15) is 0 Å². The summed E-state index contributed by atoms with van der Waals surface area (Å²) in [6.45, 7) is 5.55. The van der Waals surface area contributed by atoms with E-state index in [1.54, 1.807) is 0 Å². The van der Waals surface area contributed by atoms with Gasteiger partial charge in [-0.25, -0.2) is 10.4 Å². The molecule has 0 amide bonds. The Morgan fingerprint density at radius 2 is 1.18 bits per heavy atom. The molecular formula is C26H51N6O+. The van der Waals surface area contributed by atoms with Crippen LogP contribution < -0.4 is 11.0 Å². The lowest BCUT2D eigenvalue weighted by Crippen LogP contribution is -2.74. The molecule has 7 nitrogen and oxygen atoms in total. The molecule has 33 heavy (non-hydrogen) atoms. The summed E-state index contributed by atoms with van der Waals surface area (Å²) in [6.07, 6.45) is 25.9. The number of nitrogens with one attached hydrogen (secondary N) is 2. The molecule has 3 saturated heterocycles. The van der Waals surface area contributed by atoms with E-state index in [9.17, 15) is 0 Å². The van der Waals surface area contributed by atoms with Crippen molar-refractivity contribution in [1.82, 2.24) is 26.4 Å². The van der Waals surface area contributed by atoms with E-state index < -0.39 is 0 Å². The van der Waals surface area contributed by atoms with Crippen LogP contribution in [0.25, 0.3) is 0 Å². The van der Waals surface area contributed by atoms with Gasteiger partial charge in [0.05, 0.1) is 6.17 Å². The number of hydrogen-bond acceptors (Lipinski definition) is 6. The van der Waals surface area contributed by atoms with Gasteiger partial charge in [-0.15, -0.1) is 10.2 Å². The monoisotopic (exact) mass is 463 g/mol. The topological polar surface area (TPSA) is 43.0 Å². The van der Waals surface area contributed by atoms with Crippen molar-refractivity contribution in [2.45, 2.75) is 135 Å². The Bertz CT molecular complexity index is 579. The van der Waals surface area contributed by atoms with Crippen LogP contribution in [0.4, 0.5) is 0 Å². The van der Waals surface area contributed by atoms with Gasteiger partial charge in [0, 0.05) is 17.7 Å². The standard InChI is InChI=1S/C26H51N6O/c1-2-29-25(23-17-13-9-7-8-10-14-18-23)27-30-26(32(21-22-32)33-31(30)28-29)24-19-15-11-5-3-4-6-12-16-20-24/h23-28H,2-22H2,1H3/q+1. The van der Waals surface area contributed by atoms with Gasteiger partial charge in [0.1, 0.15) is 0 Å². The molecule has 2 unspecified atom stereocenters. The molecule has 5 fully saturated rings. The van der Waals surface area contributed by atoms with Gasteiger partial charge in [0.15, 0.2) is 13.1 Å². The fraction of sp³-hybridized carbons (Fsp3) is 1.00. The first-order valence-electron chi connectivity index (χ1n) is 14.8. The number of hydrazine groups is 4. The van der Waals surface area contributed by atoms with E-state index in [4.69, 9.17) is 4.94 Å². The lowest BCUT2D eigenvalue weighted by atomic mass is 9.91. The molecule has 0 radical (unpaired) electrons. The highest BCUT2D eigenvalue weighted by atomic mass is 17.0. The lowest BCUT2D eigenvalue weighted by Gasteiger charge is -2.46. The van der Waals surface area contributed by atoms with Crippen LogP contribution >= 0.6 is 0 Å². The Hall–Kier alpha value is -0.280. The fourth-order valence-electron chi connectivity index (χ4n) is 7.07. The molecule has 2 saturated carbocycles. The molecule has 7 heteroatoms. The van der Waals surface area contributed by atoms with Gasteiger partial charge in [-0.1, -0.05) is 107 Å². The maximum atomic E-state index is 6.60. The van der Waals surface area contributed by atoms with Gasteiger partial charge in [-0.3, -0.25) is 0 Å². The first-order valence-corrected chi connectivity index (χ1v) is 14.8. The molecule has 5 aliphatic rings. The Morgan fingerprint density at radius 1 is 0.697 bits per heavy atom. The largest absolute Gasteiger partial charge is 0.214 e. The number of nitrogens with zero attached hydrogens (tertiary/aromatic N) is 4. The Kier molecular flexibility index (Phi) is 8.61. The maximum absolute atomic E-state index is 6.60. The highest BCUT2D eigenvalue weighted by Crippen LogP contribution is 2.44. The highest BCUT2D eigenvalue weighted by Gasteiger charge is 2.67. The number of rotatable bonds is 3. The van der Waals surface area contributed by atoms with Crippen LogP contribution in [0.5, 0.6) is 0 Å². The van der Waals surface area contributed by atoms with E-state index in [0.717, 1.165) is 24.3 Å². The van der Waals surface area contributed by atoms with Gasteiger partial charge < -0.3 is 0 Å². The van der Waals surface area contributed by atoms with Gasteiger partial charge in [0.2, 0.25) is 6.17 Å².